The van der Waals surface area contributed by atoms with Gasteiger partial charge in [-0.1, -0.05) is 0 Å². The average molecular weight is 273 g/mol. The van der Waals surface area contributed by atoms with Gasteiger partial charge in [0.05, 0.1) is 5.56 Å². The van der Waals surface area contributed by atoms with Gasteiger partial charge in [0.15, 0.2) is 0 Å². The highest BCUT2D eigenvalue weighted by Crippen LogP contribution is 2.35. The second kappa shape index (κ2) is 5.77. The summed E-state index contributed by atoms with van der Waals surface area (Å²) in [6.45, 7) is 1.77. The first-order valence-corrected chi connectivity index (χ1v) is 6.46. The van der Waals surface area contributed by atoms with Crippen molar-refractivity contribution >= 4 is 5.82 Å². The molecule has 6 heteroatoms. The molecule has 1 fully saturated rings. The van der Waals surface area contributed by atoms with Crippen molar-refractivity contribution in [1.29, 1.82) is 0 Å². The number of hydrogen-bond acceptors (Lipinski definition) is 3. The van der Waals surface area contributed by atoms with Crippen molar-refractivity contribution in [2.24, 2.45) is 0 Å². The van der Waals surface area contributed by atoms with Crippen molar-refractivity contribution in [3.05, 3.63) is 23.9 Å². The van der Waals surface area contributed by atoms with E-state index in [0.717, 1.165) is 38.4 Å². The van der Waals surface area contributed by atoms with Crippen LogP contribution in [-0.4, -0.2) is 31.2 Å². The molecule has 2 rings (SSSR count). The van der Waals surface area contributed by atoms with E-state index in [-0.39, 0.29) is 11.9 Å². The molecule has 1 aromatic rings. The molecular weight excluding hydrogens is 255 g/mol. The van der Waals surface area contributed by atoms with E-state index >= 15 is 0 Å². The molecule has 1 atom stereocenters. The van der Waals surface area contributed by atoms with Crippen LogP contribution in [0.15, 0.2) is 18.3 Å². The van der Waals surface area contributed by atoms with Crippen molar-refractivity contribution in [2.45, 2.75) is 31.5 Å². The Balaban J connectivity index is 2.25. The van der Waals surface area contributed by atoms with Crippen LogP contribution in [-0.2, 0) is 6.18 Å². The number of alkyl halides is 3. The Hall–Kier alpha value is -1.30. The number of aromatic nitrogens is 1. The Morgan fingerprint density at radius 1 is 1.32 bits per heavy atom. The molecule has 0 saturated carbocycles. The quantitative estimate of drug-likeness (QED) is 0.898. The first-order valence-electron chi connectivity index (χ1n) is 6.46. The molecule has 1 aromatic heterocycles. The third-order valence-electron chi connectivity index (χ3n) is 3.52. The average Bonchev–Trinajstić information content (AvgIpc) is 2.66. The van der Waals surface area contributed by atoms with Crippen LogP contribution in [0.2, 0.25) is 0 Å². The van der Waals surface area contributed by atoms with Crippen LogP contribution in [0, 0.1) is 0 Å². The number of anilines is 1. The monoisotopic (exact) mass is 273 g/mol. The molecule has 2 heterocycles. The van der Waals surface area contributed by atoms with Crippen LogP contribution in [0.3, 0.4) is 0 Å². The summed E-state index contributed by atoms with van der Waals surface area (Å²) in [4.78, 5) is 5.61. The number of rotatable bonds is 2. The summed E-state index contributed by atoms with van der Waals surface area (Å²) in [7, 11) is 1.70. The molecule has 1 aliphatic rings. The highest BCUT2D eigenvalue weighted by Gasteiger charge is 2.36. The first kappa shape index (κ1) is 14.1. The van der Waals surface area contributed by atoms with Gasteiger partial charge in [0, 0.05) is 19.3 Å². The van der Waals surface area contributed by atoms with Crippen LogP contribution in [0.25, 0.3) is 0 Å². The maximum atomic E-state index is 13.0. The Bertz CT molecular complexity index is 412. The van der Waals surface area contributed by atoms with Crippen molar-refractivity contribution in [3.63, 3.8) is 0 Å². The number of halogens is 3. The Labute approximate surface area is 110 Å². The minimum atomic E-state index is -4.36. The Morgan fingerprint density at radius 3 is 2.84 bits per heavy atom. The molecule has 0 bridgehead atoms. The minimum absolute atomic E-state index is 0.0295. The fourth-order valence-corrected chi connectivity index (χ4v) is 2.46. The van der Waals surface area contributed by atoms with Crippen molar-refractivity contribution in [3.8, 4) is 0 Å². The van der Waals surface area contributed by atoms with Crippen LogP contribution in [0.4, 0.5) is 19.0 Å². The van der Waals surface area contributed by atoms with Crippen LogP contribution in [0.5, 0.6) is 0 Å². The molecule has 0 amide bonds. The third-order valence-corrected chi connectivity index (χ3v) is 3.52. The maximum absolute atomic E-state index is 13.0. The molecule has 0 aliphatic carbocycles. The van der Waals surface area contributed by atoms with Crippen molar-refractivity contribution in [2.75, 3.05) is 25.0 Å². The van der Waals surface area contributed by atoms with Gasteiger partial charge in [-0.2, -0.15) is 13.2 Å². The first-order chi connectivity index (χ1) is 9.00. The number of nitrogens with zero attached hydrogens (tertiary/aromatic N) is 2. The van der Waals surface area contributed by atoms with E-state index in [0.29, 0.717) is 0 Å². The number of nitrogens with one attached hydrogen (secondary N) is 1. The molecule has 1 saturated heterocycles. The highest BCUT2D eigenvalue weighted by molar-refractivity contribution is 5.48. The molecule has 19 heavy (non-hydrogen) atoms. The summed E-state index contributed by atoms with van der Waals surface area (Å²) in [6, 6.07) is 2.52. The largest absolute Gasteiger partial charge is 0.419 e. The number of pyridine rings is 1. The molecule has 0 spiro atoms. The SMILES string of the molecule is CN(c1ncccc1C(F)(F)F)C1CCCNCC1. The van der Waals surface area contributed by atoms with E-state index in [9.17, 15) is 13.2 Å². The molecule has 3 nitrogen and oxygen atoms in total. The molecule has 1 aliphatic heterocycles. The van der Waals surface area contributed by atoms with Gasteiger partial charge in [-0.15, -0.1) is 0 Å². The van der Waals surface area contributed by atoms with Gasteiger partial charge in [-0.3, -0.25) is 0 Å². The number of hydrogen-bond donors (Lipinski definition) is 1. The minimum Gasteiger partial charge on any atom is -0.356 e. The summed E-state index contributed by atoms with van der Waals surface area (Å²) >= 11 is 0. The second-order valence-corrected chi connectivity index (χ2v) is 4.82. The third kappa shape index (κ3) is 3.37. The van der Waals surface area contributed by atoms with Crippen LogP contribution >= 0.6 is 0 Å². The molecular formula is C13H18F3N3. The predicted octanol–water partition coefficient (Wildman–Crippen LogP) is 2.68. The van der Waals surface area contributed by atoms with E-state index in [2.05, 4.69) is 10.3 Å². The lowest BCUT2D eigenvalue weighted by molar-refractivity contribution is -0.137. The molecule has 0 radical (unpaired) electrons. The lowest BCUT2D eigenvalue weighted by atomic mass is 10.1. The molecule has 1 unspecified atom stereocenters. The van der Waals surface area contributed by atoms with Gasteiger partial charge in [0.1, 0.15) is 5.82 Å². The smallest absolute Gasteiger partial charge is 0.356 e. The molecule has 106 valence electrons. The van der Waals surface area contributed by atoms with Crippen molar-refractivity contribution < 1.29 is 13.2 Å². The van der Waals surface area contributed by atoms with Gasteiger partial charge in [0.25, 0.3) is 0 Å². The zero-order chi connectivity index (χ0) is 13.9. The Kier molecular flexibility index (Phi) is 4.29. The van der Waals surface area contributed by atoms with Gasteiger partial charge in [0.2, 0.25) is 0 Å². The maximum Gasteiger partial charge on any atom is 0.419 e. The van der Waals surface area contributed by atoms with Crippen LogP contribution in [0.1, 0.15) is 24.8 Å². The predicted molar refractivity (Wildman–Crippen MR) is 68.2 cm³/mol. The summed E-state index contributed by atoms with van der Waals surface area (Å²) in [5.74, 6) is 0.0295. The van der Waals surface area contributed by atoms with E-state index in [4.69, 9.17) is 0 Å². The van der Waals surface area contributed by atoms with Gasteiger partial charge >= 0.3 is 6.18 Å². The summed E-state index contributed by atoms with van der Waals surface area (Å²) in [5.41, 5.74) is -0.658. The zero-order valence-electron chi connectivity index (χ0n) is 10.9. The van der Waals surface area contributed by atoms with E-state index in [1.54, 1.807) is 11.9 Å². The van der Waals surface area contributed by atoms with Gasteiger partial charge in [-0.05, 0) is 44.5 Å². The van der Waals surface area contributed by atoms with E-state index in [1.165, 1.54) is 12.3 Å². The summed E-state index contributed by atoms with van der Waals surface area (Å²) < 4.78 is 38.9. The summed E-state index contributed by atoms with van der Waals surface area (Å²) in [6.07, 6.45) is -0.248. The fourth-order valence-electron chi connectivity index (χ4n) is 2.46. The molecule has 0 aromatic carbocycles. The summed E-state index contributed by atoms with van der Waals surface area (Å²) in [5, 5.41) is 3.26. The highest BCUT2D eigenvalue weighted by atomic mass is 19.4. The van der Waals surface area contributed by atoms with Crippen LogP contribution < -0.4 is 10.2 Å². The fraction of sp³-hybridized carbons (Fsp3) is 0.615. The topological polar surface area (TPSA) is 28.2 Å². The van der Waals surface area contributed by atoms with E-state index < -0.39 is 11.7 Å². The standard InChI is InChI=1S/C13H18F3N3/c1-19(10-4-2-7-17-9-6-10)12-11(13(14,15)16)5-3-8-18-12/h3,5,8,10,17H,2,4,6-7,9H2,1H3. The molecule has 1 N–H and O–H groups in total. The Morgan fingerprint density at radius 2 is 2.11 bits per heavy atom. The van der Waals surface area contributed by atoms with Gasteiger partial charge in [-0.25, -0.2) is 4.98 Å². The van der Waals surface area contributed by atoms with E-state index in [1.807, 2.05) is 0 Å². The van der Waals surface area contributed by atoms with Crippen molar-refractivity contribution in [1.82, 2.24) is 10.3 Å². The normalized spacial score (nSPS) is 20.9. The second-order valence-electron chi connectivity index (χ2n) is 4.82. The zero-order valence-corrected chi connectivity index (χ0v) is 10.9. The lowest BCUT2D eigenvalue weighted by Gasteiger charge is -2.30. The van der Waals surface area contributed by atoms with Gasteiger partial charge < -0.3 is 10.2 Å². The lowest BCUT2D eigenvalue weighted by Crippen LogP contribution is -2.34.